The van der Waals surface area contributed by atoms with E-state index in [1.807, 2.05) is 0 Å². The first-order valence-electron chi connectivity index (χ1n) is 3.21. The summed E-state index contributed by atoms with van der Waals surface area (Å²) < 4.78 is 0.307. The SMILES string of the molecule is O=c1[nH]c(=S)c2nccnc2[nH]1. The Morgan fingerprint density at radius 2 is 2.00 bits per heavy atom. The average Bonchev–Trinajstić information content (AvgIpc) is 2.04. The van der Waals surface area contributed by atoms with Gasteiger partial charge in [0.25, 0.3) is 0 Å². The molecule has 0 aliphatic carbocycles. The standard InChI is InChI=1S/C6H4N4OS/c11-6-9-4-3(5(12)10-6)7-1-2-8-4/h1-2H,(H2,8,9,10,11,12). The molecular formula is C6H4N4OS. The molecule has 2 N–H and O–H groups in total. The molecule has 0 radical (unpaired) electrons. The number of nitrogens with zero attached hydrogens (tertiary/aromatic N) is 2. The first-order valence-corrected chi connectivity index (χ1v) is 3.61. The Labute approximate surface area is 71.5 Å². The van der Waals surface area contributed by atoms with Gasteiger partial charge in [0, 0.05) is 12.4 Å². The van der Waals surface area contributed by atoms with Crippen molar-refractivity contribution in [3.63, 3.8) is 0 Å². The minimum absolute atomic E-state index is 0.307. The van der Waals surface area contributed by atoms with Crippen molar-refractivity contribution in [3.8, 4) is 0 Å². The van der Waals surface area contributed by atoms with Crippen LogP contribution in [0.15, 0.2) is 17.2 Å². The smallest absolute Gasteiger partial charge is 0.296 e. The summed E-state index contributed by atoms with van der Waals surface area (Å²) in [5.74, 6) is 0. The van der Waals surface area contributed by atoms with E-state index in [-0.39, 0.29) is 5.69 Å². The van der Waals surface area contributed by atoms with Gasteiger partial charge in [0.1, 0.15) is 10.2 Å². The highest BCUT2D eigenvalue weighted by Gasteiger charge is 1.96. The number of fused-ring (bicyclic) bond motifs is 1. The van der Waals surface area contributed by atoms with Crippen molar-refractivity contribution >= 4 is 23.4 Å². The topological polar surface area (TPSA) is 74.4 Å². The first kappa shape index (κ1) is 7.11. The number of rotatable bonds is 0. The molecule has 5 nitrogen and oxygen atoms in total. The Morgan fingerprint density at radius 3 is 2.83 bits per heavy atom. The molecule has 0 aliphatic rings. The van der Waals surface area contributed by atoms with Crippen LogP contribution in [0, 0.1) is 4.64 Å². The summed E-state index contributed by atoms with van der Waals surface area (Å²) in [4.78, 5) is 23.6. The van der Waals surface area contributed by atoms with E-state index in [1.165, 1.54) is 12.4 Å². The van der Waals surface area contributed by atoms with Gasteiger partial charge in [0.15, 0.2) is 5.65 Å². The molecule has 6 heteroatoms. The molecule has 2 rings (SSSR count). The molecule has 0 saturated heterocycles. The summed E-state index contributed by atoms with van der Waals surface area (Å²) >= 11 is 4.86. The first-order chi connectivity index (χ1) is 5.77. The van der Waals surface area contributed by atoms with Crippen LogP contribution in [0.4, 0.5) is 0 Å². The normalized spacial score (nSPS) is 10.3. The zero-order valence-corrected chi connectivity index (χ0v) is 6.68. The Morgan fingerprint density at radius 1 is 1.25 bits per heavy atom. The zero-order chi connectivity index (χ0) is 8.55. The number of nitrogens with one attached hydrogen (secondary N) is 2. The highest BCUT2D eigenvalue weighted by Crippen LogP contribution is 2.00. The Balaban J connectivity index is 3.09. The van der Waals surface area contributed by atoms with Gasteiger partial charge in [-0.1, -0.05) is 12.2 Å². The summed E-state index contributed by atoms with van der Waals surface area (Å²) in [5.41, 5.74) is 0.548. The molecule has 0 atom stereocenters. The van der Waals surface area contributed by atoms with Crippen molar-refractivity contribution in [2.45, 2.75) is 0 Å². The molecular weight excluding hydrogens is 176 g/mol. The van der Waals surface area contributed by atoms with Crippen molar-refractivity contribution < 1.29 is 0 Å². The minimum Gasteiger partial charge on any atom is -0.296 e. The van der Waals surface area contributed by atoms with Gasteiger partial charge in [-0.15, -0.1) is 0 Å². The van der Waals surface area contributed by atoms with Crippen LogP contribution in [-0.4, -0.2) is 19.9 Å². The largest absolute Gasteiger partial charge is 0.325 e. The Kier molecular flexibility index (Phi) is 1.47. The van der Waals surface area contributed by atoms with Crippen molar-refractivity contribution in [1.29, 1.82) is 0 Å². The quantitative estimate of drug-likeness (QED) is 0.574. The van der Waals surface area contributed by atoms with E-state index >= 15 is 0 Å². The van der Waals surface area contributed by atoms with Crippen LogP contribution in [0.3, 0.4) is 0 Å². The molecule has 0 fully saturated rings. The number of aromatic nitrogens is 4. The van der Waals surface area contributed by atoms with Crippen LogP contribution in [0.25, 0.3) is 11.2 Å². The van der Waals surface area contributed by atoms with Crippen LogP contribution >= 0.6 is 12.2 Å². The molecule has 2 heterocycles. The van der Waals surface area contributed by atoms with Crippen LogP contribution < -0.4 is 5.69 Å². The summed E-state index contributed by atoms with van der Waals surface area (Å²) in [7, 11) is 0. The van der Waals surface area contributed by atoms with Crippen LogP contribution in [0.1, 0.15) is 0 Å². The van der Waals surface area contributed by atoms with Crippen molar-refractivity contribution in [1.82, 2.24) is 19.9 Å². The third-order valence-corrected chi connectivity index (χ3v) is 1.67. The monoisotopic (exact) mass is 180 g/mol. The fraction of sp³-hybridized carbons (Fsp3) is 0. The maximum atomic E-state index is 10.9. The molecule has 0 amide bonds. The molecule has 0 unspecified atom stereocenters. The minimum atomic E-state index is -0.368. The third kappa shape index (κ3) is 1.02. The lowest BCUT2D eigenvalue weighted by Crippen LogP contribution is -2.10. The van der Waals surface area contributed by atoms with Gasteiger partial charge in [-0.3, -0.25) is 9.97 Å². The van der Waals surface area contributed by atoms with Gasteiger partial charge < -0.3 is 0 Å². The van der Waals surface area contributed by atoms with Gasteiger partial charge in [0.05, 0.1) is 0 Å². The van der Waals surface area contributed by atoms with E-state index in [2.05, 4.69) is 19.9 Å². The molecule has 60 valence electrons. The number of aromatic amines is 2. The van der Waals surface area contributed by atoms with E-state index in [1.54, 1.807) is 0 Å². The molecule has 0 aromatic carbocycles. The molecule has 0 saturated carbocycles. The molecule has 2 aromatic rings. The van der Waals surface area contributed by atoms with E-state index in [0.29, 0.717) is 15.8 Å². The summed E-state index contributed by atoms with van der Waals surface area (Å²) in [6.07, 6.45) is 3.01. The summed E-state index contributed by atoms with van der Waals surface area (Å²) in [6, 6.07) is 0. The van der Waals surface area contributed by atoms with Crippen molar-refractivity contribution in [2.24, 2.45) is 0 Å². The lowest BCUT2D eigenvalue weighted by Gasteiger charge is -1.92. The van der Waals surface area contributed by atoms with E-state index < -0.39 is 0 Å². The Hall–Kier alpha value is -1.56. The second-order valence-electron chi connectivity index (χ2n) is 2.16. The lowest BCUT2D eigenvalue weighted by molar-refractivity contribution is 1.06. The van der Waals surface area contributed by atoms with E-state index in [0.717, 1.165) is 0 Å². The van der Waals surface area contributed by atoms with Crippen LogP contribution in [0.5, 0.6) is 0 Å². The number of hydrogen-bond acceptors (Lipinski definition) is 4. The predicted octanol–water partition coefficient (Wildman–Crippen LogP) is 0.376. The average molecular weight is 180 g/mol. The van der Waals surface area contributed by atoms with E-state index in [4.69, 9.17) is 12.2 Å². The lowest BCUT2D eigenvalue weighted by atomic mass is 10.5. The third-order valence-electron chi connectivity index (χ3n) is 1.37. The predicted molar refractivity (Wildman–Crippen MR) is 45.3 cm³/mol. The van der Waals surface area contributed by atoms with Gasteiger partial charge in [-0.05, 0) is 0 Å². The molecule has 0 aliphatic heterocycles. The Bertz CT molecular complexity index is 529. The highest BCUT2D eigenvalue weighted by molar-refractivity contribution is 7.71. The molecule has 12 heavy (non-hydrogen) atoms. The zero-order valence-electron chi connectivity index (χ0n) is 5.87. The summed E-state index contributed by atoms with van der Waals surface area (Å²) in [5, 5.41) is 0. The molecule has 0 bridgehead atoms. The van der Waals surface area contributed by atoms with Gasteiger partial charge >= 0.3 is 5.69 Å². The van der Waals surface area contributed by atoms with Gasteiger partial charge in [-0.2, -0.15) is 0 Å². The second kappa shape index (κ2) is 2.49. The fourth-order valence-corrected chi connectivity index (χ4v) is 1.14. The van der Waals surface area contributed by atoms with Crippen LogP contribution in [0.2, 0.25) is 0 Å². The molecule has 2 aromatic heterocycles. The highest BCUT2D eigenvalue weighted by atomic mass is 32.1. The van der Waals surface area contributed by atoms with E-state index in [9.17, 15) is 4.79 Å². The number of hydrogen-bond donors (Lipinski definition) is 2. The van der Waals surface area contributed by atoms with Gasteiger partial charge in [0.2, 0.25) is 0 Å². The van der Waals surface area contributed by atoms with Crippen LogP contribution in [-0.2, 0) is 0 Å². The van der Waals surface area contributed by atoms with Gasteiger partial charge in [-0.25, -0.2) is 14.8 Å². The van der Waals surface area contributed by atoms with Crippen molar-refractivity contribution in [2.75, 3.05) is 0 Å². The fourth-order valence-electron chi connectivity index (χ4n) is 0.897. The maximum absolute atomic E-state index is 10.9. The van der Waals surface area contributed by atoms with Crippen molar-refractivity contribution in [3.05, 3.63) is 27.5 Å². The number of H-pyrrole nitrogens is 2. The maximum Gasteiger partial charge on any atom is 0.325 e. The summed E-state index contributed by atoms with van der Waals surface area (Å²) in [6.45, 7) is 0. The molecule has 0 spiro atoms. The second-order valence-corrected chi connectivity index (χ2v) is 2.57.